The van der Waals surface area contributed by atoms with Crippen molar-refractivity contribution in [3.63, 3.8) is 0 Å². The molecule has 2 aromatic carbocycles. The van der Waals surface area contributed by atoms with Gasteiger partial charge in [-0.3, -0.25) is 9.48 Å². The molecule has 3 rings (SSSR count). The predicted octanol–water partition coefficient (Wildman–Crippen LogP) is 3.75. The third-order valence-corrected chi connectivity index (χ3v) is 4.65. The molecule has 0 radical (unpaired) electrons. The summed E-state index contributed by atoms with van der Waals surface area (Å²) in [6, 6.07) is 19.9. The van der Waals surface area contributed by atoms with Gasteiger partial charge in [-0.25, -0.2) is 0 Å². The fourth-order valence-electron chi connectivity index (χ4n) is 3.24. The summed E-state index contributed by atoms with van der Waals surface area (Å²) < 4.78 is 1.99. The first kappa shape index (κ1) is 24.7. The topological polar surface area (TPSA) is 72.9 Å². The summed E-state index contributed by atoms with van der Waals surface area (Å²) in [5.41, 5.74) is 11.1. The van der Waals surface area contributed by atoms with Crippen LogP contribution in [-0.2, 0) is 17.9 Å². The number of amides is 1. The maximum atomic E-state index is 12.6. The highest BCUT2D eigenvalue weighted by atomic mass is 35.5. The number of nitrogens with two attached hydrogens (primary N) is 1. The average molecular weight is 435 g/mol. The minimum Gasteiger partial charge on any atom is -0.351 e. The first-order valence-corrected chi connectivity index (χ1v) is 9.18. The largest absolute Gasteiger partial charge is 0.351 e. The van der Waals surface area contributed by atoms with E-state index in [9.17, 15) is 4.79 Å². The molecular formula is C22H28Cl2N4O. The number of benzene rings is 2. The van der Waals surface area contributed by atoms with E-state index in [0.717, 1.165) is 34.6 Å². The van der Waals surface area contributed by atoms with E-state index in [-0.39, 0.29) is 43.2 Å². The van der Waals surface area contributed by atoms with Crippen molar-refractivity contribution >= 4 is 30.7 Å². The molecule has 156 valence electrons. The number of hydrogen-bond donors (Lipinski definition) is 2. The molecule has 1 amide bonds. The summed E-state index contributed by atoms with van der Waals surface area (Å²) in [4.78, 5) is 12.6. The van der Waals surface area contributed by atoms with Crippen LogP contribution in [0.5, 0.6) is 0 Å². The lowest BCUT2D eigenvalue weighted by molar-refractivity contribution is -0.122. The molecule has 1 heterocycles. The van der Waals surface area contributed by atoms with E-state index in [1.54, 1.807) is 0 Å². The molecular weight excluding hydrogens is 407 g/mol. The van der Waals surface area contributed by atoms with Crippen LogP contribution in [-0.4, -0.2) is 22.2 Å². The molecule has 3 N–H and O–H groups in total. The lowest BCUT2D eigenvalue weighted by Crippen LogP contribution is -2.33. The van der Waals surface area contributed by atoms with E-state index in [2.05, 4.69) is 35.5 Å². The van der Waals surface area contributed by atoms with Gasteiger partial charge >= 0.3 is 0 Å². The van der Waals surface area contributed by atoms with E-state index in [4.69, 9.17) is 5.73 Å². The molecule has 5 nitrogen and oxygen atoms in total. The number of hydrogen-bond acceptors (Lipinski definition) is 3. The van der Waals surface area contributed by atoms with Gasteiger partial charge in [0.2, 0.25) is 5.91 Å². The van der Waals surface area contributed by atoms with Crippen LogP contribution in [0.3, 0.4) is 0 Å². The first-order valence-electron chi connectivity index (χ1n) is 9.18. The lowest BCUT2D eigenvalue weighted by Gasteiger charge is -2.15. The summed E-state index contributed by atoms with van der Waals surface area (Å²) in [7, 11) is 0. The predicted molar refractivity (Wildman–Crippen MR) is 122 cm³/mol. The summed E-state index contributed by atoms with van der Waals surface area (Å²) in [6.07, 6.45) is 0. The Hall–Kier alpha value is -2.34. The number of nitrogens with zero attached hydrogens (tertiary/aromatic N) is 2. The molecule has 0 aliphatic carbocycles. The zero-order chi connectivity index (χ0) is 19.2. The third-order valence-electron chi connectivity index (χ3n) is 4.65. The summed E-state index contributed by atoms with van der Waals surface area (Å²) >= 11 is 0. The molecule has 29 heavy (non-hydrogen) atoms. The van der Waals surface area contributed by atoms with Gasteiger partial charge < -0.3 is 11.1 Å². The third kappa shape index (κ3) is 6.60. The second-order valence-electron chi connectivity index (χ2n) is 6.82. The Balaban J connectivity index is 0.00000210. The number of rotatable bonds is 7. The van der Waals surface area contributed by atoms with E-state index >= 15 is 0 Å². The zero-order valence-corrected chi connectivity index (χ0v) is 18.3. The molecule has 0 saturated carbocycles. The molecule has 0 aliphatic rings. The van der Waals surface area contributed by atoms with Crippen LogP contribution in [0.25, 0.3) is 0 Å². The summed E-state index contributed by atoms with van der Waals surface area (Å²) in [5.74, 6) is -0.378. The Kier molecular flexibility index (Phi) is 9.89. The van der Waals surface area contributed by atoms with Crippen LogP contribution < -0.4 is 11.1 Å². The van der Waals surface area contributed by atoms with Gasteiger partial charge in [-0.1, -0.05) is 54.6 Å². The van der Waals surface area contributed by atoms with Crippen LogP contribution >= 0.6 is 24.8 Å². The average Bonchev–Trinajstić information content (AvgIpc) is 2.99. The van der Waals surface area contributed by atoms with E-state index in [0.29, 0.717) is 6.54 Å². The number of carbonyl (C=O) groups excluding carboxylic acids is 1. The van der Waals surface area contributed by atoms with E-state index in [1.807, 2.05) is 54.1 Å². The standard InChI is InChI=1S/C22H26N4O.2ClH/c1-16-11-17(2)26(25-16)15-19-8-6-7-18(12-19)14-24-22(27)21(13-23)20-9-4-3-5-10-20;;/h3-12,21H,13-15,23H2,1-2H3,(H,24,27);2*1H. The van der Waals surface area contributed by atoms with Crippen LogP contribution in [0.4, 0.5) is 0 Å². The van der Waals surface area contributed by atoms with Gasteiger partial charge in [-0.15, -0.1) is 24.8 Å². The van der Waals surface area contributed by atoms with Crippen molar-refractivity contribution in [2.75, 3.05) is 6.54 Å². The van der Waals surface area contributed by atoms with Crippen molar-refractivity contribution < 1.29 is 4.79 Å². The summed E-state index contributed by atoms with van der Waals surface area (Å²) in [5, 5.41) is 7.52. The van der Waals surface area contributed by atoms with Crippen molar-refractivity contribution in [2.24, 2.45) is 5.73 Å². The molecule has 0 spiro atoms. The maximum Gasteiger partial charge on any atom is 0.229 e. The smallest absolute Gasteiger partial charge is 0.229 e. The quantitative estimate of drug-likeness (QED) is 0.594. The number of aryl methyl sites for hydroxylation is 2. The van der Waals surface area contributed by atoms with Gasteiger partial charge in [0, 0.05) is 18.8 Å². The van der Waals surface area contributed by atoms with Gasteiger partial charge in [-0.2, -0.15) is 5.10 Å². The van der Waals surface area contributed by atoms with Gasteiger partial charge in [0.05, 0.1) is 18.2 Å². The Morgan fingerprint density at radius 1 is 1.03 bits per heavy atom. The van der Waals surface area contributed by atoms with Crippen molar-refractivity contribution in [3.8, 4) is 0 Å². The summed E-state index contributed by atoms with van der Waals surface area (Å²) in [6.45, 7) is 5.54. The highest BCUT2D eigenvalue weighted by molar-refractivity contribution is 5.85. The van der Waals surface area contributed by atoms with Crippen LogP contribution in [0.1, 0.15) is 34.0 Å². The monoisotopic (exact) mass is 434 g/mol. The lowest BCUT2D eigenvalue weighted by atomic mass is 9.98. The minimum absolute atomic E-state index is 0. The van der Waals surface area contributed by atoms with Crippen LogP contribution in [0.15, 0.2) is 60.7 Å². The van der Waals surface area contributed by atoms with Crippen LogP contribution in [0.2, 0.25) is 0 Å². The first-order chi connectivity index (χ1) is 13.1. The van der Waals surface area contributed by atoms with Crippen molar-refractivity contribution in [3.05, 3.63) is 88.7 Å². The van der Waals surface area contributed by atoms with Gasteiger partial charge in [0.1, 0.15) is 0 Å². The minimum atomic E-state index is -0.330. The molecule has 1 atom stereocenters. The number of halogens is 2. The fraction of sp³-hybridized carbons (Fsp3) is 0.273. The van der Waals surface area contributed by atoms with Crippen molar-refractivity contribution in [1.29, 1.82) is 0 Å². The second-order valence-corrected chi connectivity index (χ2v) is 6.82. The van der Waals surface area contributed by atoms with E-state index in [1.165, 1.54) is 0 Å². The van der Waals surface area contributed by atoms with Crippen molar-refractivity contribution in [1.82, 2.24) is 15.1 Å². The Labute approximate surface area is 184 Å². The Morgan fingerprint density at radius 2 is 1.72 bits per heavy atom. The molecule has 0 fully saturated rings. The molecule has 0 saturated heterocycles. The SMILES string of the molecule is Cc1cc(C)n(Cc2cccc(CNC(=O)C(CN)c3ccccc3)c2)n1.Cl.Cl. The number of aromatic nitrogens is 2. The molecule has 0 bridgehead atoms. The second kappa shape index (κ2) is 11.6. The van der Waals surface area contributed by atoms with Gasteiger partial charge in [0.25, 0.3) is 0 Å². The highest BCUT2D eigenvalue weighted by Crippen LogP contribution is 2.15. The van der Waals surface area contributed by atoms with E-state index < -0.39 is 0 Å². The van der Waals surface area contributed by atoms with Gasteiger partial charge in [0.15, 0.2) is 0 Å². The van der Waals surface area contributed by atoms with Crippen molar-refractivity contribution in [2.45, 2.75) is 32.9 Å². The fourth-order valence-corrected chi connectivity index (χ4v) is 3.24. The Bertz CT molecular complexity index is 912. The van der Waals surface area contributed by atoms with Gasteiger partial charge in [-0.05, 0) is 36.6 Å². The van der Waals surface area contributed by atoms with Crippen LogP contribution in [0, 0.1) is 13.8 Å². The molecule has 3 aromatic rings. The zero-order valence-electron chi connectivity index (χ0n) is 16.7. The number of nitrogens with one attached hydrogen (secondary N) is 1. The normalized spacial score (nSPS) is 11.1. The molecule has 1 aromatic heterocycles. The molecule has 0 aliphatic heterocycles. The Morgan fingerprint density at radius 3 is 2.34 bits per heavy atom. The highest BCUT2D eigenvalue weighted by Gasteiger charge is 2.18. The number of carbonyl (C=O) groups is 1. The molecule has 1 unspecified atom stereocenters. The maximum absolute atomic E-state index is 12.6. The molecule has 7 heteroatoms.